The zero-order valence-corrected chi connectivity index (χ0v) is 8.47. The van der Waals surface area contributed by atoms with Crippen LogP contribution in [0.25, 0.3) is 0 Å². The number of hydrogen-bond acceptors (Lipinski definition) is 3. The molecule has 4 nitrogen and oxygen atoms in total. The fourth-order valence-corrected chi connectivity index (χ4v) is 1.88. The Balaban J connectivity index is 2.22. The van der Waals surface area contributed by atoms with Gasteiger partial charge in [0.25, 0.3) is 5.56 Å². The summed E-state index contributed by atoms with van der Waals surface area (Å²) in [5, 5.41) is 9.93. The Morgan fingerprint density at radius 2 is 2.14 bits per heavy atom. The molecule has 0 aliphatic carbocycles. The predicted molar refractivity (Wildman–Crippen MR) is 54.7 cm³/mol. The molecule has 2 rings (SSSR count). The molecule has 1 aliphatic rings. The highest BCUT2D eigenvalue weighted by Crippen LogP contribution is 2.23. The molecule has 5 heteroatoms. The number of aromatic nitrogens is 2. The molecule has 0 amide bonds. The third-order valence-corrected chi connectivity index (χ3v) is 2.82. The Morgan fingerprint density at radius 3 is 2.79 bits per heavy atom. The van der Waals surface area contributed by atoms with Crippen LogP contribution in [-0.4, -0.2) is 23.3 Å². The first-order valence-corrected chi connectivity index (χ1v) is 5.11. The van der Waals surface area contributed by atoms with Gasteiger partial charge in [0.15, 0.2) is 0 Å². The van der Waals surface area contributed by atoms with Crippen LogP contribution in [0.15, 0.2) is 10.9 Å². The molecule has 1 aromatic heterocycles. The quantitative estimate of drug-likeness (QED) is 0.729. The number of aromatic amines is 1. The van der Waals surface area contributed by atoms with Gasteiger partial charge in [0.1, 0.15) is 5.02 Å². The third kappa shape index (κ3) is 1.96. The fourth-order valence-electron chi connectivity index (χ4n) is 1.72. The summed E-state index contributed by atoms with van der Waals surface area (Å²) in [6.45, 7) is 2.01. The van der Waals surface area contributed by atoms with E-state index in [0.717, 1.165) is 31.6 Å². The van der Waals surface area contributed by atoms with Crippen molar-refractivity contribution in [2.24, 2.45) is 0 Å². The molecule has 0 unspecified atom stereocenters. The molecule has 2 heterocycles. The van der Waals surface area contributed by atoms with Crippen LogP contribution in [0.1, 0.15) is 24.5 Å². The summed E-state index contributed by atoms with van der Waals surface area (Å²) >= 11 is 5.73. The van der Waals surface area contributed by atoms with Crippen molar-refractivity contribution in [2.75, 3.05) is 13.1 Å². The maximum Gasteiger partial charge on any atom is 0.282 e. The van der Waals surface area contributed by atoms with Crippen LogP contribution in [0, 0.1) is 0 Å². The van der Waals surface area contributed by atoms with Gasteiger partial charge in [-0.15, -0.1) is 0 Å². The fraction of sp³-hybridized carbons (Fsp3) is 0.556. The molecule has 0 saturated carbocycles. The smallest absolute Gasteiger partial charge is 0.282 e. The van der Waals surface area contributed by atoms with E-state index in [2.05, 4.69) is 15.5 Å². The standard InChI is InChI=1S/C9H12ClN3O/c10-7-5-8(12-13-9(7)14)6-1-3-11-4-2-6/h5-6,11H,1-4H2,(H,13,14). The van der Waals surface area contributed by atoms with Crippen LogP contribution < -0.4 is 10.9 Å². The molecule has 14 heavy (non-hydrogen) atoms. The zero-order chi connectivity index (χ0) is 9.97. The van der Waals surface area contributed by atoms with Crippen LogP contribution in [0.4, 0.5) is 0 Å². The molecular formula is C9H12ClN3O. The van der Waals surface area contributed by atoms with E-state index in [9.17, 15) is 4.79 Å². The molecule has 0 spiro atoms. The van der Waals surface area contributed by atoms with E-state index in [-0.39, 0.29) is 10.6 Å². The van der Waals surface area contributed by atoms with E-state index in [1.807, 2.05) is 0 Å². The topological polar surface area (TPSA) is 57.8 Å². The molecule has 2 N–H and O–H groups in total. The minimum absolute atomic E-state index is 0.230. The van der Waals surface area contributed by atoms with Crippen molar-refractivity contribution in [1.29, 1.82) is 0 Å². The van der Waals surface area contributed by atoms with Crippen molar-refractivity contribution in [3.8, 4) is 0 Å². The van der Waals surface area contributed by atoms with Gasteiger partial charge >= 0.3 is 0 Å². The molecular weight excluding hydrogens is 202 g/mol. The lowest BCUT2D eigenvalue weighted by molar-refractivity contribution is 0.450. The summed E-state index contributed by atoms with van der Waals surface area (Å²) in [5.74, 6) is 0.422. The van der Waals surface area contributed by atoms with E-state index < -0.39 is 0 Å². The van der Waals surface area contributed by atoms with Crippen molar-refractivity contribution in [1.82, 2.24) is 15.5 Å². The predicted octanol–water partition coefficient (Wildman–Crippen LogP) is 0.890. The largest absolute Gasteiger partial charge is 0.317 e. The highest BCUT2D eigenvalue weighted by atomic mass is 35.5. The van der Waals surface area contributed by atoms with Gasteiger partial charge in [-0.25, -0.2) is 5.10 Å². The van der Waals surface area contributed by atoms with Gasteiger partial charge in [0.2, 0.25) is 0 Å². The van der Waals surface area contributed by atoms with Gasteiger partial charge in [0.05, 0.1) is 5.69 Å². The summed E-state index contributed by atoms with van der Waals surface area (Å²) in [6, 6.07) is 1.68. The Labute approximate surface area is 86.7 Å². The highest BCUT2D eigenvalue weighted by molar-refractivity contribution is 6.30. The minimum Gasteiger partial charge on any atom is -0.317 e. The molecule has 0 atom stereocenters. The second kappa shape index (κ2) is 4.11. The molecule has 0 aromatic carbocycles. The summed E-state index contributed by atoms with van der Waals surface area (Å²) in [7, 11) is 0. The van der Waals surface area contributed by atoms with Crippen LogP contribution in [0.2, 0.25) is 5.02 Å². The lowest BCUT2D eigenvalue weighted by atomic mass is 9.94. The van der Waals surface area contributed by atoms with Gasteiger partial charge in [-0.05, 0) is 32.0 Å². The van der Waals surface area contributed by atoms with Crippen molar-refractivity contribution in [3.63, 3.8) is 0 Å². The molecule has 0 radical (unpaired) electrons. The Hall–Kier alpha value is -0.870. The molecule has 1 aliphatic heterocycles. The van der Waals surface area contributed by atoms with Gasteiger partial charge in [0, 0.05) is 5.92 Å². The van der Waals surface area contributed by atoms with Gasteiger partial charge in [-0.1, -0.05) is 11.6 Å². The number of nitrogens with one attached hydrogen (secondary N) is 2. The van der Waals surface area contributed by atoms with Crippen molar-refractivity contribution in [2.45, 2.75) is 18.8 Å². The van der Waals surface area contributed by atoms with Crippen molar-refractivity contribution >= 4 is 11.6 Å². The monoisotopic (exact) mass is 213 g/mol. The summed E-state index contributed by atoms with van der Waals surface area (Å²) in [6.07, 6.45) is 2.10. The Bertz CT molecular complexity index is 371. The Kier molecular flexibility index (Phi) is 2.84. The molecule has 1 saturated heterocycles. The minimum atomic E-state index is -0.315. The first-order chi connectivity index (χ1) is 6.77. The first-order valence-electron chi connectivity index (χ1n) is 4.73. The van der Waals surface area contributed by atoms with Crippen LogP contribution in [-0.2, 0) is 0 Å². The second-order valence-electron chi connectivity index (χ2n) is 3.49. The number of halogens is 1. The maximum absolute atomic E-state index is 11.0. The normalized spacial score (nSPS) is 18.4. The summed E-state index contributed by atoms with van der Waals surface area (Å²) < 4.78 is 0. The average Bonchev–Trinajstić information content (AvgIpc) is 2.23. The summed E-state index contributed by atoms with van der Waals surface area (Å²) in [4.78, 5) is 11.0. The zero-order valence-electron chi connectivity index (χ0n) is 7.72. The number of hydrogen-bond donors (Lipinski definition) is 2. The highest BCUT2D eigenvalue weighted by Gasteiger charge is 2.17. The Morgan fingerprint density at radius 1 is 1.43 bits per heavy atom. The number of H-pyrrole nitrogens is 1. The average molecular weight is 214 g/mol. The van der Waals surface area contributed by atoms with Gasteiger partial charge in [-0.3, -0.25) is 4.79 Å². The van der Waals surface area contributed by atoms with Crippen LogP contribution >= 0.6 is 11.6 Å². The molecule has 76 valence electrons. The van der Waals surface area contributed by atoms with Crippen molar-refractivity contribution in [3.05, 3.63) is 27.1 Å². The summed E-state index contributed by atoms with van der Waals surface area (Å²) in [5.41, 5.74) is 0.584. The SMILES string of the molecule is O=c1[nH]nc(C2CCNCC2)cc1Cl. The third-order valence-electron chi connectivity index (χ3n) is 2.54. The maximum atomic E-state index is 11.0. The molecule has 0 bridgehead atoms. The van der Waals surface area contributed by atoms with Crippen molar-refractivity contribution < 1.29 is 0 Å². The lowest BCUT2D eigenvalue weighted by Crippen LogP contribution is -2.27. The number of nitrogens with zero attached hydrogens (tertiary/aromatic N) is 1. The van der Waals surface area contributed by atoms with E-state index >= 15 is 0 Å². The van der Waals surface area contributed by atoms with Crippen LogP contribution in [0.5, 0.6) is 0 Å². The number of piperidine rings is 1. The first kappa shape index (κ1) is 9.68. The van der Waals surface area contributed by atoms with E-state index in [4.69, 9.17) is 11.6 Å². The van der Waals surface area contributed by atoms with Gasteiger partial charge < -0.3 is 5.32 Å². The van der Waals surface area contributed by atoms with E-state index in [1.54, 1.807) is 6.07 Å². The van der Waals surface area contributed by atoms with E-state index in [0.29, 0.717) is 5.92 Å². The molecule has 1 fully saturated rings. The molecule has 1 aromatic rings. The second-order valence-corrected chi connectivity index (χ2v) is 3.90. The van der Waals surface area contributed by atoms with Crippen LogP contribution in [0.3, 0.4) is 0 Å². The number of rotatable bonds is 1. The van der Waals surface area contributed by atoms with E-state index in [1.165, 1.54) is 0 Å². The van der Waals surface area contributed by atoms with Gasteiger partial charge in [-0.2, -0.15) is 5.10 Å². The lowest BCUT2D eigenvalue weighted by Gasteiger charge is -2.21.